The molecule has 2 aliphatic rings. The number of hydrogen-bond acceptors (Lipinski definition) is 4. The molecule has 1 aromatic carbocycles. The average Bonchev–Trinajstić information content (AvgIpc) is 3.11. The van der Waals surface area contributed by atoms with E-state index in [1.54, 1.807) is 4.90 Å². The van der Waals surface area contributed by atoms with Gasteiger partial charge in [0.25, 0.3) is 5.91 Å². The number of halogens is 1. The Morgan fingerprint density at radius 1 is 1.33 bits per heavy atom. The standard InChI is InChI=1S/C20H24FN3O3/c1-20(27)10-3-2-7-13(20)15-9-5-11-24(15)19(26)17-18(25)12-6-4-8-14(21)16(12)22-23-17/h4,6,8,13,15,27H,2-3,5,7,9-11H2,1H3,(H,22,25). The monoisotopic (exact) mass is 373 g/mol. The number of aromatic amines is 1. The van der Waals surface area contributed by atoms with E-state index in [0.29, 0.717) is 6.54 Å². The van der Waals surface area contributed by atoms with Gasteiger partial charge >= 0.3 is 0 Å². The van der Waals surface area contributed by atoms with Gasteiger partial charge in [-0.2, -0.15) is 5.10 Å². The number of H-pyrrole nitrogens is 1. The summed E-state index contributed by atoms with van der Waals surface area (Å²) >= 11 is 0. The molecule has 1 saturated heterocycles. The molecule has 0 radical (unpaired) electrons. The molecule has 1 saturated carbocycles. The summed E-state index contributed by atoms with van der Waals surface area (Å²) in [5, 5.41) is 17.4. The summed E-state index contributed by atoms with van der Waals surface area (Å²) < 4.78 is 13.9. The highest BCUT2D eigenvalue weighted by atomic mass is 19.1. The van der Waals surface area contributed by atoms with Crippen molar-refractivity contribution in [2.45, 2.75) is 57.1 Å². The van der Waals surface area contributed by atoms with Crippen molar-refractivity contribution in [3.8, 4) is 0 Å². The van der Waals surface area contributed by atoms with Gasteiger partial charge in [-0.05, 0) is 44.7 Å². The maximum Gasteiger partial charge on any atom is 0.278 e. The second-order valence-electron chi connectivity index (χ2n) is 7.98. The molecule has 0 spiro atoms. The largest absolute Gasteiger partial charge is 0.390 e. The number of nitrogens with one attached hydrogen (secondary N) is 1. The van der Waals surface area contributed by atoms with E-state index in [1.807, 2.05) is 6.92 Å². The number of amides is 1. The highest BCUT2D eigenvalue weighted by Crippen LogP contribution is 2.40. The number of para-hydroxylation sites is 1. The Labute approximate surface area is 156 Å². The van der Waals surface area contributed by atoms with Crippen LogP contribution in [0.4, 0.5) is 4.39 Å². The zero-order valence-corrected chi connectivity index (χ0v) is 15.4. The molecule has 4 rings (SSSR count). The van der Waals surface area contributed by atoms with Gasteiger partial charge in [0.2, 0.25) is 5.43 Å². The van der Waals surface area contributed by atoms with Gasteiger partial charge in [0.1, 0.15) is 11.3 Å². The lowest BCUT2D eigenvalue weighted by Crippen LogP contribution is -2.51. The van der Waals surface area contributed by atoms with Crippen LogP contribution in [-0.2, 0) is 0 Å². The Bertz CT molecular complexity index is 940. The second kappa shape index (κ2) is 6.71. The van der Waals surface area contributed by atoms with Gasteiger partial charge in [0.05, 0.1) is 11.0 Å². The molecule has 3 atom stereocenters. The van der Waals surface area contributed by atoms with Crippen molar-refractivity contribution < 1.29 is 14.3 Å². The number of carbonyl (C=O) groups is 1. The van der Waals surface area contributed by atoms with E-state index >= 15 is 0 Å². The SMILES string of the molecule is CC1(O)CCCCC1C1CCCN1C(=O)c1n[nH]c2c(F)cccc2c1=O. The van der Waals surface area contributed by atoms with Crippen LogP contribution in [0.25, 0.3) is 10.9 Å². The smallest absolute Gasteiger partial charge is 0.278 e. The molecule has 1 amide bonds. The van der Waals surface area contributed by atoms with E-state index in [4.69, 9.17) is 0 Å². The van der Waals surface area contributed by atoms with Crippen molar-refractivity contribution in [1.29, 1.82) is 0 Å². The summed E-state index contributed by atoms with van der Waals surface area (Å²) in [6, 6.07) is 4.07. The summed E-state index contributed by atoms with van der Waals surface area (Å²) in [6.07, 6.45) is 5.27. The van der Waals surface area contributed by atoms with Crippen LogP contribution in [0.2, 0.25) is 0 Å². The number of aliphatic hydroxyl groups is 1. The van der Waals surface area contributed by atoms with Crippen LogP contribution in [0, 0.1) is 11.7 Å². The molecule has 2 heterocycles. The molecule has 7 heteroatoms. The molecule has 2 N–H and O–H groups in total. The molecule has 0 bridgehead atoms. The first kappa shape index (κ1) is 18.1. The summed E-state index contributed by atoms with van der Waals surface area (Å²) in [4.78, 5) is 27.6. The van der Waals surface area contributed by atoms with Gasteiger partial charge in [-0.15, -0.1) is 0 Å². The fraction of sp³-hybridized carbons (Fsp3) is 0.550. The minimum atomic E-state index is -0.807. The summed E-state index contributed by atoms with van der Waals surface area (Å²) in [5.41, 5.74) is -1.57. The Morgan fingerprint density at radius 2 is 2.15 bits per heavy atom. The van der Waals surface area contributed by atoms with Crippen LogP contribution >= 0.6 is 0 Å². The van der Waals surface area contributed by atoms with Crippen molar-refractivity contribution in [3.05, 3.63) is 39.9 Å². The van der Waals surface area contributed by atoms with E-state index < -0.39 is 22.8 Å². The Kier molecular flexibility index (Phi) is 4.50. The van der Waals surface area contributed by atoms with Crippen molar-refractivity contribution in [2.75, 3.05) is 6.54 Å². The molecule has 6 nitrogen and oxygen atoms in total. The van der Waals surface area contributed by atoms with E-state index in [9.17, 15) is 19.1 Å². The first-order valence-electron chi connectivity index (χ1n) is 9.60. The van der Waals surface area contributed by atoms with E-state index in [1.165, 1.54) is 18.2 Å². The van der Waals surface area contributed by atoms with Crippen LogP contribution in [0.3, 0.4) is 0 Å². The topological polar surface area (TPSA) is 86.3 Å². The molecule has 2 fully saturated rings. The Balaban J connectivity index is 1.69. The number of aromatic nitrogens is 2. The molecule has 2 aromatic rings. The molecule has 1 aliphatic heterocycles. The minimum Gasteiger partial charge on any atom is -0.390 e. The lowest BCUT2D eigenvalue weighted by Gasteiger charge is -2.43. The Hall–Kier alpha value is -2.28. The molecule has 1 aliphatic carbocycles. The molecular weight excluding hydrogens is 349 g/mol. The summed E-state index contributed by atoms with van der Waals surface area (Å²) in [6.45, 7) is 2.39. The Morgan fingerprint density at radius 3 is 2.93 bits per heavy atom. The van der Waals surface area contributed by atoms with Crippen LogP contribution in [0.1, 0.15) is 55.9 Å². The van der Waals surface area contributed by atoms with Gasteiger partial charge in [0, 0.05) is 18.5 Å². The highest BCUT2D eigenvalue weighted by molar-refractivity contribution is 5.95. The average molecular weight is 373 g/mol. The van der Waals surface area contributed by atoms with Gasteiger partial charge in [-0.3, -0.25) is 14.7 Å². The molecular formula is C20H24FN3O3. The van der Waals surface area contributed by atoms with E-state index in [0.717, 1.165) is 38.5 Å². The number of nitrogens with zero attached hydrogens (tertiary/aromatic N) is 2. The molecule has 1 aromatic heterocycles. The van der Waals surface area contributed by atoms with Gasteiger partial charge < -0.3 is 10.0 Å². The third-order valence-electron chi connectivity index (χ3n) is 6.23. The van der Waals surface area contributed by atoms with Gasteiger partial charge in [0.15, 0.2) is 5.69 Å². The highest BCUT2D eigenvalue weighted by Gasteiger charge is 2.45. The lowest BCUT2D eigenvalue weighted by molar-refractivity contribution is -0.0578. The van der Waals surface area contributed by atoms with Gasteiger partial charge in [-0.1, -0.05) is 18.9 Å². The normalized spacial score (nSPS) is 28.6. The maximum atomic E-state index is 13.9. The molecule has 144 valence electrons. The fourth-order valence-electron chi connectivity index (χ4n) is 4.81. The number of benzene rings is 1. The zero-order chi connectivity index (χ0) is 19.2. The molecule has 27 heavy (non-hydrogen) atoms. The number of hydrogen-bond donors (Lipinski definition) is 2. The van der Waals surface area contributed by atoms with Crippen LogP contribution in [0.5, 0.6) is 0 Å². The summed E-state index contributed by atoms with van der Waals surface area (Å²) in [5.74, 6) is -1.02. The molecule has 3 unspecified atom stereocenters. The third-order valence-corrected chi connectivity index (χ3v) is 6.23. The van der Waals surface area contributed by atoms with Gasteiger partial charge in [-0.25, -0.2) is 4.39 Å². The summed E-state index contributed by atoms with van der Waals surface area (Å²) in [7, 11) is 0. The lowest BCUT2D eigenvalue weighted by atomic mass is 9.72. The van der Waals surface area contributed by atoms with Crippen molar-refractivity contribution >= 4 is 16.8 Å². The predicted molar refractivity (Wildman–Crippen MR) is 99.0 cm³/mol. The van der Waals surface area contributed by atoms with Crippen LogP contribution in [0.15, 0.2) is 23.0 Å². The predicted octanol–water partition coefficient (Wildman–Crippen LogP) is 2.61. The first-order valence-corrected chi connectivity index (χ1v) is 9.60. The third kappa shape index (κ3) is 3.04. The second-order valence-corrected chi connectivity index (χ2v) is 7.98. The number of rotatable bonds is 2. The maximum absolute atomic E-state index is 13.9. The number of fused-ring (bicyclic) bond motifs is 1. The minimum absolute atomic E-state index is 0.00492. The fourth-order valence-corrected chi connectivity index (χ4v) is 4.81. The van der Waals surface area contributed by atoms with E-state index in [-0.39, 0.29) is 28.6 Å². The van der Waals surface area contributed by atoms with Crippen molar-refractivity contribution in [1.82, 2.24) is 15.1 Å². The van der Waals surface area contributed by atoms with Crippen molar-refractivity contribution in [3.63, 3.8) is 0 Å². The number of likely N-dealkylation sites (tertiary alicyclic amines) is 1. The van der Waals surface area contributed by atoms with Crippen molar-refractivity contribution in [2.24, 2.45) is 5.92 Å². The van der Waals surface area contributed by atoms with Crippen LogP contribution in [-0.4, -0.2) is 44.3 Å². The zero-order valence-electron chi connectivity index (χ0n) is 15.4. The number of carbonyl (C=O) groups excluding carboxylic acids is 1. The van der Waals surface area contributed by atoms with Crippen LogP contribution < -0.4 is 5.43 Å². The van der Waals surface area contributed by atoms with E-state index in [2.05, 4.69) is 10.2 Å². The quantitative estimate of drug-likeness (QED) is 0.847. The first-order chi connectivity index (χ1) is 12.9.